The van der Waals surface area contributed by atoms with Crippen LogP contribution in [0, 0.1) is 0 Å². The molecule has 0 bridgehead atoms. The number of piperidine rings is 1. The molecular formula is C20H23N3O2. The Bertz CT molecular complexity index is 864. The molecule has 1 fully saturated rings. The van der Waals surface area contributed by atoms with Crippen LogP contribution in [0.25, 0.3) is 22.0 Å². The number of hydrogen-bond acceptors (Lipinski definition) is 4. The summed E-state index contributed by atoms with van der Waals surface area (Å²) in [5, 5.41) is 14.7. The first kappa shape index (κ1) is 16.1. The van der Waals surface area contributed by atoms with Crippen LogP contribution in [-0.2, 0) is 5.41 Å². The number of rotatable bonds is 4. The average Bonchev–Trinajstić information content (AvgIpc) is 3.12. The third-order valence-corrected chi connectivity index (χ3v) is 5.40. The van der Waals surface area contributed by atoms with E-state index < -0.39 is 0 Å². The number of aromatic amines is 1. The van der Waals surface area contributed by atoms with E-state index in [0.29, 0.717) is 5.88 Å². The van der Waals surface area contributed by atoms with Crippen LogP contribution in [0.1, 0.15) is 18.4 Å². The summed E-state index contributed by atoms with van der Waals surface area (Å²) < 4.78 is 5.14. The van der Waals surface area contributed by atoms with Gasteiger partial charge in [0.05, 0.1) is 13.7 Å². The monoisotopic (exact) mass is 337 g/mol. The van der Waals surface area contributed by atoms with Gasteiger partial charge in [0, 0.05) is 40.3 Å². The molecule has 2 aromatic heterocycles. The van der Waals surface area contributed by atoms with Crippen molar-refractivity contribution < 1.29 is 9.84 Å². The Balaban J connectivity index is 1.79. The lowest BCUT2D eigenvalue weighted by atomic mass is 9.73. The molecule has 130 valence electrons. The van der Waals surface area contributed by atoms with Crippen molar-refractivity contribution in [3.63, 3.8) is 0 Å². The minimum atomic E-state index is -0.166. The molecule has 3 N–H and O–H groups in total. The summed E-state index contributed by atoms with van der Waals surface area (Å²) in [4.78, 5) is 7.68. The second-order valence-electron chi connectivity index (χ2n) is 6.74. The van der Waals surface area contributed by atoms with Gasteiger partial charge >= 0.3 is 0 Å². The smallest absolute Gasteiger partial charge is 0.212 e. The number of pyridine rings is 1. The summed E-state index contributed by atoms with van der Waals surface area (Å²) >= 11 is 0. The van der Waals surface area contributed by atoms with Crippen LogP contribution in [0.3, 0.4) is 0 Å². The SMILES string of the molecule is COc1ccc(-c2ccc3[nH]cc(C4(CO)CCNCC4)c3c2)cn1. The lowest BCUT2D eigenvalue weighted by Crippen LogP contribution is -2.42. The third kappa shape index (κ3) is 2.79. The maximum absolute atomic E-state index is 10.2. The Labute approximate surface area is 147 Å². The van der Waals surface area contributed by atoms with Gasteiger partial charge in [0.15, 0.2) is 0 Å². The topological polar surface area (TPSA) is 70.2 Å². The van der Waals surface area contributed by atoms with Gasteiger partial charge in [-0.1, -0.05) is 6.07 Å². The van der Waals surface area contributed by atoms with Gasteiger partial charge in [0.1, 0.15) is 0 Å². The third-order valence-electron chi connectivity index (χ3n) is 5.40. The molecular weight excluding hydrogens is 314 g/mol. The van der Waals surface area contributed by atoms with Gasteiger partial charge in [-0.2, -0.15) is 0 Å². The van der Waals surface area contributed by atoms with E-state index >= 15 is 0 Å². The summed E-state index contributed by atoms with van der Waals surface area (Å²) in [6.45, 7) is 2.06. The quantitative estimate of drug-likeness (QED) is 0.685. The number of nitrogens with zero attached hydrogens (tertiary/aromatic N) is 1. The second-order valence-corrected chi connectivity index (χ2v) is 6.74. The highest BCUT2D eigenvalue weighted by atomic mass is 16.5. The summed E-state index contributed by atoms with van der Waals surface area (Å²) in [7, 11) is 1.62. The van der Waals surface area contributed by atoms with Crippen LogP contribution < -0.4 is 10.1 Å². The van der Waals surface area contributed by atoms with Crippen LogP contribution in [0.2, 0.25) is 0 Å². The molecule has 1 aliphatic rings. The van der Waals surface area contributed by atoms with E-state index in [1.165, 1.54) is 10.9 Å². The zero-order valence-electron chi connectivity index (χ0n) is 14.4. The predicted octanol–water partition coefficient (Wildman–Crippen LogP) is 2.85. The van der Waals surface area contributed by atoms with Crippen molar-refractivity contribution in [2.24, 2.45) is 0 Å². The first-order valence-corrected chi connectivity index (χ1v) is 8.69. The van der Waals surface area contributed by atoms with Crippen molar-refractivity contribution in [3.05, 3.63) is 48.3 Å². The van der Waals surface area contributed by atoms with E-state index in [1.54, 1.807) is 7.11 Å². The molecule has 0 radical (unpaired) electrons. The van der Waals surface area contributed by atoms with E-state index in [1.807, 2.05) is 18.3 Å². The number of benzene rings is 1. The van der Waals surface area contributed by atoms with Crippen LogP contribution >= 0.6 is 0 Å². The van der Waals surface area contributed by atoms with Crippen molar-refractivity contribution in [1.29, 1.82) is 0 Å². The number of H-pyrrole nitrogens is 1. The predicted molar refractivity (Wildman–Crippen MR) is 98.9 cm³/mol. The number of aliphatic hydroxyl groups excluding tert-OH is 1. The zero-order valence-corrected chi connectivity index (χ0v) is 14.4. The molecule has 4 rings (SSSR count). The fourth-order valence-corrected chi connectivity index (χ4v) is 3.83. The molecule has 1 aromatic carbocycles. The molecule has 3 aromatic rings. The van der Waals surface area contributed by atoms with E-state index in [-0.39, 0.29) is 12.0 Å². The van der Waals surface area contributed by atoms with E-state index in [4.69, 9.17) is 4.74 Å². The minimum absolute atomic E-state index is 0.166. The average molecular weight is 337 g/mol. The fraction of sp³-hybridized carbons (Fsp3) is 0.350. The number of ether oxygens (including phenoxy) is 1. The van der Waals surface area contributed by atoms with Gasteiger partial charge in [0.25, 0.3) is 0 Å². The number of hydrogen-bond donors (Lipinski definition) is 3. The van der Waals surface area contributed by atoms with Crippen molar-refractivity contribution >= 4 is 10.9 Å². The van der Waals surface area contributed by atoms with Gasteiger partial charge in [0.2, 0.25) is 5.88 Å². The van der Waals surface area contributed by atoms with Gasteiger partial charge in [-0.05, 0) is 55.3 Å². The van der Waals surface area contributed by atoms with Crippen LogP contribution in [0.5, 0.6) is 5.88 Å². The Morgan fingerprint density at radius 2 is 1.96 bits per heavy atom. The Hall–Kier alpha value is -2.37. The van der Waals surface area contributed by atoms with Crippen LogP contribution in [0.4, 0.5) is 0 Å². The van der Waals surface area contributed by atoms with E-state index in [2.05, 4.69) is 39.7 Å². The van der Waals surface area contributed by atoms with Crippen LogP contribution in [-0.4, -0.2) is 41.9 Å². The maximum Gasteiger partial charge on any atom is 0.212 e. The Kier molecular flexibility index (Phi) is 4.19. The number of nitrogens with one attached hydrogen (secondary N) is 2. The largest absolute Gasteiger partial charge is 0.481 e. The molecule has 25 heavy (non-hydrogen) atoms. The first-order chi connectivity index (χ1) is 12.3. The molecule has 0 amide bonds. The highest BCUT2D eigenvalue weighted by Crippen LogP contribution is 2.38. The van der Waals surface area contributed by atoms with Crippen molar-refractivity contribution in [2.45, 2.75) is 18.3 Å². The highest BCUT2D eigenvalue weighted by molar-refractivity contribution is 5.89. The molecule has 0 atom stereocenters. The van der Waals surface area contributed by atoms with Crippen LogP contribution in [0.15, 0.2) is 42.7 Å². The normalized spacial score (nSPS) is 16.9. The van der Waals surface area contributed by atoms with E-state index in [0.717, 1.165) is 42.6 Å². The first-order valence-electron chi connectivity index (χ1n) is 8.69. The molecule has 3 heterocycles. The minimum Gasteiger partial charge on any atom is -0.481 e. The number of methoxy groups -OCH3 is 1. The Morgan fingerprint density at radius 1 is 1.16 bits per heavy atom. The molecule has 1 saturated heterocycles. The summed E-state index contributed by atoms with van der Waals surface area (Å²) in [6.07, 6.45) is 5.80. The standard InChI is InChI=1S/C20H23N3O2/c1-25-19-5-3-15(11-23-19)14-2-4-18-16(10-14)17(12-22-18)20(13-24)6-8-21-9-7-20/h2-5,10-12,21-22,24H,6-9,13H2,1H3. The lowest BCUT2D eigenvalue weighted by molar-refractivity contribution is 0.159. The number of fused-ring (bicyclic) bond motifs is 1. The second kappa shape index (κ2) is 6.50. The Morgan fingerprint density at radius 3 is 2.64 bits per heavy atom. The number of aliphatic hydroxyl groups is 1. The highest BCUT2D eigenvalue weighted by Gasteiger charge is 2.35. The van der Waals surface area contributed by atoms with Gasteiger partial charge in [-0.25, -0.2) is 4.98 Å². The molecule has 5 nitrogen and oxygen atoms in total. The molecule has 1 aliphatic heterocycles. The maximum atomic E-state index is 10.2. The zero-order chi connectivity index (χ0) is 17.3. The van der Waals surface area contributed by atoms with Crippen molar-refractivity contribution in [3.8, 4) is 17.0 Å². The molecule has 0 spiro atoms. The van der Waals surface area contributed by atoms with E-state index in [9.17, 15) is 5.11 Å². The molecule has 0 saturated carbocycles. The molecule has 0 unspecified atom stereocenters. The van der Waals surface area contributed by atoms with Gasteiger partial charge in [-0.3, -0.25) is 0 Å². The van der Waals surface area contributed by atoms with Gasteiger partial charge in [-0.15, -0.1) is 0 Å². The summed E-state index contributed by atoms with van der Waals surface area (Å²) in [6, 6.07) is 10.3. The molecule has 0 aliphatic carbocycles. The fourth-order valence-electron chi connectivity index (χ4n) is 3.83. The summed E-state index contributed by atoms with van der Waals surface area (Å²) in [5.41, 5.74) is 4.32. The van der Waals surface area contributed by atoms with Crippen molar-refractivity contribution in [2.75, 3.05) is 26.8 Å². The van der Waals surface area contributed by atoms with Crippen molar-refractivity contribution in [1.82, 2.24) is 15.3 Å². The van der Waals surface area contributed by atoms with Gasteiger partial charge < -0.3 is 20.1 Å². The summed E-state index contributed by atoms with van der Waals surface area (Å²) in [5.74, 6) is 0.612. The lowest BCUT2D eigenvalue weighted by Gasteiger charge is -2.36. The molecule has 5 heteroatoms. The number of aromatic nitrogens is 2.